The minimum Gasteiger partial charge on any atom is -0.348 e. The molecule has 0 unspecified atom stereocenters. The Morgan fingerprint density at radius 1 is 0.963 bits per heavy atom. The first-order chi connectivity index (χ1) is 13.1. The highest BCUT2D eigenvalue weighted by molar-refractivity contribution is 5.90. The molecule has 3 N–H and O–H groups in total. The average molecular weight is 366 g/mol. The largest absolute Gasteiger partial charge is 0.348 e. The number of hydroxylamine groups is 1. The van der Waals surface area contributed by atoms with Gasteiger partial charge in [-0.3, -0.25) is 14.8 Å². The maximum absolute atomic E-state index is 12.4. The van der Waals surface area contributed by atoms with Crippen molar-refractivity contribution in [3.05, 3.63) is 53.1 Å². The fraction of sp³-hybridized carbons (Fsp3) is 0.455. The summed E-state index contributed by atoms with van der Waals surface area (Å²) in [5.74, 6) is 2.56. The molecule has 142 valence electrons. The Bertz CT molecular complexity index is 749. The molecule has 0 radical (unpaired) electrons. The van der Waals surface area contributed by atoms with E-state index in [1.54, 1.807) is 11.6 Å². The van der Waals surface area contributed by atoms with Crippen molar-refractivity contribution < 1.29 is 14.8 Å². The number of hydrogen-bond donors (Lipinski definition) is 3. The highest BCUT2D eigenvalue weighted by atomic mass is 16.5. The summed E-state index contributed by atoms with van der Waals surface area (Å²) in [7, 11) is 0. The van der Waals surface area contributed by atoms with Crippen LogP contribution in [-0.4, -0.2) is 17.0 Å². The first-order valence-electron chi connectivity index (χ1n) is 9.81. The summed E-state index contributed by atoms with van der Waals surface area (Å²) in [6.45, 7) is 0.490. The van der Waals surface area contributed by atoms with Crippen molar-refractivity contribution in [1.29, 1.82) is 0 Å². The van der Waals surface area contributed by atoms with Crippen LogP contribution in [-0.2, 0) is 16.1 Å². The van der Waals surface area contributed by atoms with Crippen LogP contribution in [0.2, 0.25) is 0 Å². The second-order valence-corrected chi connectivity index (χ2v) is 8.22. The number of carbonyl (C=O) groups excluding carboxylic acids is 2. The summed E-state index contributed by atoms with van der Waals surface area (Å²) in [5.41, 5.74) is 4.82. The van der Waals surface area contributed by atoms with Gasteiger partial charge in [0, 0.05) is 18.7 Å². The van der Waals surface area contributed by atoms with E-state index in [9.17, 15) is 9.59 Å². The van der Waals surface area contributed by atoms with E-state index in [2.05, 4.69) is 5.32 Å². The van der Waals surface area contributed by atoms with Gasteiger partial charge in [0.2, 0.25) is 5.91 Å². The summed E-state index contributed by atoms with van der Waals surface area (Å²) in [6, 6.07) is 7.59. The van der Waals surface area contributed by atoms with E-state index in [0.29, 0.717) is 18.4 Å². The Morgan fingerprint density at radius 2 is 1.59 bits per heavy atom. The van der Waals surface area contributed by atoms with Gasteiger partial charge in [-0.25, -0.2) is 5.48 Å². The number of nitrogens with one attached hydrogen (secondary N) is 2. The molecular formula is C22H26N2O3. The Balaban J connectivity index is 1.32. The fourth-order valence-corrected chi connectivity index (χ4v) is 5.31. The van der Waals surface area contributed by atoms with Crippen molar-refractivity contribution >= 4 is 17.9 Å². The van der Waals surface area contributed by atoms with E-state index in [4.69, 9.17) is 5.21 Å². The first kappa shape index (κ1) is 18.0. The normalized spacial score (nSPS) is 28.4. The summed E-state index contributed by atoms with van der Waals surface area (Å²) in [4.78, 5) is 23.4. The molecule has 0 spiro atoms. The van der Waals surface area contributed by atoms with E-state index in [0.717, 1.165) is 23.0 Å². The zero-order chi connectivity index (χ0) is 18.8. The van der Waals surface area contributed by atoms with Crippen molar-refractivity contribution in [3.63, 3.8) is 0 Å². The van der Waals surface area contributed by atoms with Crippen LogP contribution < -0.4 is 10.8 Å². The Hall–Kier alpha value is -2.40. The van der Waals surface area contributed by atoms with Gasteiger partial charge in [0.15, 0.2) is 0 Å². The minimum atomic E-state index is -0.566. The molecule has 4 bridgehead atoms. The van der Waals surface area contributed by atoms with Crippen LogP contribution in [0.4, 0.5) is 0 Å². The zero-order valence-electron chi connectivity index (χ0n) is 15.4. The molecule has 0 saturated heterocycles. The molecule has 4 fully saturated rings. The van der Waals surface area contributed by atoms with E-state index in [-0.39, 0.29) is 5.91 Å². The Labute approximate surface area is 159 Å². The van der Waals surface area contributed by atoms with Crippen LogP contribution in [0.3, 0.4) is 0 Å². The molecule has 0 aromatic heterocycles. The van der Waals surface area contributed by atoms with Crippen LogP contribution in [0.25, 0.3) is 6.08 Å². The molecule has 1 aromatic rings. The quantitative estimate of drug-likeness (QED) is 0.425. The van der Waals surface area contributed by atoms with Crippen molar-refractivity contribution in [2.45, 2.75) is 38.6 Å². The Morgan fingerprint density at radius 3 is 2.19 bits per heavy atom. The summed E-state index contributed by atoms with van der Waals surface area (Å²) in [6.07, 6.45) is 11.3. The van der Waals surface area contributed by atoms with Crippen LogP contribution >= 0.6 is 0 Å². The lowest BCUT2D eigenvalue weighted by Gasteiger charge is -2.51. The number of benzene rings is 1. The van der Waals surface area contributed by atoms with E-state index >= 15 is 0 Å². The highest BCUT2D eigenvalue weighted by Gasteiger charge is 2.45. The van der Waals surface area contributed by atoms with Gasteiger partial charge >= 0.3 is 0 Å². The van der Waals surface area contributed by atoms with Crippen molar-refractivity contribution in [2.24, 2.45) is 23.7 Å². The number of rotatable bonds is 5. The van der Waals surface area contributed by atoms with Crippen LogP contribution in [0.5, 0.6) is 0 Å². The molecule has 4 saturated carbocycles. The molecular weight excluding hydrogens is 340 g/mol. The summed E-state index contributed by atoms with van der Waals surface area (Å²) in [5, 5.41) is 11.5. The van der Waals surface area contributed by atoms with E-state index < -0.39 is 5.91 Å². The molecule has 4 aliphatic carbocycles. The molecule has 1 aromatic carbocycles. The predicted octanol–water partition coefficient (Wildman–Crippen LogP) is 3.20. The van der Waals surface area contributed by atoms with Gasteiger partial charge in [-0.05, 0) is 73.0 Å². The molecule has 5 rings (SSSR count). The fourth-order valence-electron chi connectivity index (χ4n) is 5.31. The minimum absolute atomic E-state index is 0.0149. The van der Waals surface area contributed by atoms with Gasteiger partial charge in [-0.1, -0.05) is 29.8 Å². The van der Waals surface area contributed by atoms with Crippen LogP contribution in [0.15, 0.2) is 42.0 Å². The Kier molecular flexibility index (Phi) is 5.12. The number of carbonyl (C=O) groups is 2. The monoisotopic (exact) mass is 366 g/mol. The lowest BCUT2D eigenvalue weighted by atomic mass is 9.54. The standard InChI is InChI=1S/C22H26N2O3/c25-21(24-27)6-5-14-1-3-15(4-2-14)13-23-22(26)12-20-18-8-16-7-17(10-18)11-19(20)9-16/h1-6,12,16-19,27H,7-11,13H2,(H,23,26)(H,24,25)/b6-5+,20-12?. The molecule has 0 atom stereocenters. The van der Waals surface area contributed by atoms with Gasteiger partial charge in [0.1, 0.15) is 0 Å². The van der Waals surface area contributed by atoms with Crippen LogP contribution in [0.1, 0.15) is 43.2 Å². The maximum Gasteiger partial charge on any atom is 0.267 e. The van der Waals surface area contributed by atoms with Gasteiger partial charge in [0.25, 0.3) is 5.91 Å². The highest BCUT2D eigenvalue weighted by Crippen LogP contribution is 2.56. The molecule has 5 nitrogen and oxygen atoms in total. The molecule has 0 aliphatic heterocycles. The zero-order valence-corrected chi connectivity index (χ0v) is 15.4. The van der Waals surface area contributed by atoms with Gasteiger partial charge < -0.3 is 5.32 Å². The molecule has 27 heavy (non-hydrogen) atoms. The smallest absolute Gasteiger partial charge is 0.267 e. The third kappa shape index (κ3) is 4.14. The summed E-state index contributed by atoms with van der Waals surface area (Å²) >= 11 is 0. The number of allylic oxidation sites excluding steroid dienone is 1. The molecule has 2 amide bonds. The first-order valence-corrected chi connectivity index (χ1v) is 9.81. The molecule has 5 heteroatoms. The van der Waals surface area contributed by atoms with Gasteiger partial charge in [-0.2, -0.15) is 0 Å². The lowest BCUT2D eigenvalue weighted by molar-refractivity contribution is -0.124. The predicted molar refractivity (Wildman–Crippen MR) is 102 cm³/mol. The SMILES string of the molecule is O=C(C=C1C2CC3CC(C2)CC1C3)NCc1ccc(/C=C/C(=O)NO)cc1. The number of hydrogen-bond acceptors (Lipinski definition) is 3. The van der Waals surface area contributed by atoms with E-state index in [1.165, 1.54) is 43.8 Å². The van der Waals surface area contributed by atoms with Crippen molar-refractivity contribution in [3.8, 4) is 0 Å². The average Bonchev–Trinajstić information content (AvgIpc) is 2.67. The van der Waals surface area contributed by atoms with Crippen LogP contribution in [0, 0.1) is 23.7 Å². The van der Waals surface area contributed by atoms with Gasteiger partial charge in [0.05, 0.1) is 0 Å². The molecule has 4 aliphatic rings. The second-order valence-electron chi connectivity index (χ2n) is 8.22. The third-order valence-electron chi connectivity index (χ3n) is 6.36. The topological polar surface area (TPSA) is 78.4 Å². The maximum atomic E-state index is 12.4. The molecule has 0 heterocycles. The van der Waals surface area contributed by atoms with Crippen molar-refractivity contribution in [2.75, 3.05) is 0 Å². The lowest BCUT2D eigenvalue weighted by Crippen LogP contribution is -2.41. The van der Waals surface area contributed by atoms with Gasteiger partial charge in [-0.15, -0.1) is 0 Å². The second kappa shape index (κ2) is 7.69. The van der Waals surface area contributed by atoms with Crippen molar-refractivity contribution in [1.82, 2.24) is 10.8 Å². The summed E-state index contributed by atoms with van der Waals surface area (Å²) < 4.78 is 0. The third-order valence-corrected chi connectivity index (χ3v) is 6.36. The van der Waals surface area contributed by atoms with E-state index in [1.807, 2.05) is 30.3 Å². The number of amides is 2.